The number of esters is 1. The quantitative estimate of drug-likeness (QED) is 0.712. The van der Waals surface area contributed by atoms with Crippen molar-refractivity contribution in [1.29, 1.82) is 0 Å². The summed E-state index contributed by atoms with van der Waals surface area (Å²) >= 11 is 0. The average molecular weight is 179 g/mol. The second kappa shape index (κ2) is 4.62. The van der Waals surface area contributed by atoms with Gasteiger partial charge in [0, 0.05) is 6.54 Å². The summed E-state index contributed by atoms with van der Waals surface area (Å²) in [6, 6.07) is 7.15. The molecule has 3 nitrogen and oxygen atoms in total. The van der Waals surface area contributed by atoms with Gasteiger partial charge in [0.05, 0.1) is 12.2 Å². The van der Waals surface area contributed by atoms with Crippen LogP contribution in [0.25, 0.3) is 0 Å². The highest BCUT2D eigenvalue weighted by Crippen LogP contribution is 2.05. The Kier molecular flexibility index (Phi) is 3.46. The van der Waals surface area contributed by atoms with Gasteiger partial charge in [-0.15, -0.1) is 0 Å². The van der Waals surface area contributed by atoms with Crippen LogP contribution in [0.4, 0.5) is 0 Å². The summed E-state index contributed by atoms with van der Waals surface area (Å²) in [7, 11) is 0. The molecule has 0 saturated heterocycles. The molecule has 1 rings (SSSR count). The average Bonchev–Trinajstić information content (AvgIpc) is 2.18. The predicted molar refractivity (Wildman–Crippen MR) is 50.3 cm³/mol. The normalized spacial score (nSPS) is 9.69. The lowest BCUT2D eigenvalue weighted by Crippen LogP contribution is -2.06. The Hall–Kier alpha value is -1.35. The Morgan fingerprint density at radius 3 is 2.92 bits per heavy atom. The van der Waals surface area contributed by atoms with Gasteiger partial charge < -0.3 is 10.5 Å². The van der Waals surface area contributed by atoms with Gasteiger partial charge in [-0.1, -0.05) is 12.1 Å². The SMILES string of the molecule is CCOC(=O)c1cccc(CN)c1. The molecular formula is C10H13NO2. The summed E-state index contributed by atoms with van der Waals surface area (Å²) in [6.45, 7) is 2.61. The molecule has 0 heterocycles. The Labute approximate surface area is 77.5 Å². The van der Waals surface area contributed by atoms with Gasteiger partial charge >= 0.3 is 5.97 Å². The van der Waals surface area contributed by atoms with Crippen molar-refractivity contribution in [2.45, 2.75) is 13.5 Å². The summed E-state index contributed by atoms with van der Waals surface area (Å²) in [5.74, 6) is -0.294. The zero-order valence-corrected chi connectivity index (χ0v) is 7.62. The van der Waals surface area contributed by atoms with Crippen LogP contribution in [0, 0.1) is 0 Å². The lowest BCUT2D eigenvalue weighted by molar-refractivity contribution is 0.0526. The van der Waals surface area contributed by atoms with E-state index in [0.29, 0.717) is 18.7 Å². The minimum Gasteiger partial charge on any atom is -0.462 e. The van der Waals surface area contributed by atoms with Crippen LogP contribution >= 0.6 is 0 Å². The van der Waals surface area contributed by atoms with Crippen LogP contribution in [-0.4, -0.2) is 12.6 Å². The highest BCUT2D eigenvalue weighted by Gasteiger charge is 2.05. The van der Waals surface area contributed by atoms with Crippen molar-refractivity contribution in [3.8, 4) is 0 Å². The number of nitrogens with two attached hydrogens (primary N) is 1. The highest BCUT2D eigenvalue weighted by atomic mass is 16.5. The fourth-order valence-electron chi connectivity index (χ4n) is 1.04. The third-order valence-corrected chi connectivity index (χ3v) is 1.67. The van der Waals surface area contributed by atoms with Gasteiger partial charge in [-0.2, -0.15) is 0 Å². The first kappa shape index (κ1) is 9.74. The fourth-order valence-corrected chi connectivity index (χ4v) is 1.04. The van der Waals surface area contributed by atoms with E-state index in [9.17, 15) is 4.79 Å². The molecule has 3 heteroatoms. The van der Waals surface area contributed by atoms with Crippen molar-refractivity contribution in [2.24, 2.45) is 5.73 Å². The van der Waals surface area contributed by atoms with Gasteiger partial charge in [0.25, 0.3) is 0 Å². The molecule has 0 atom stereocenters. The molecule has 0 bridgehead atoms. The first-order chi connectivity index (χ1) is 6.27. The van der Waals surface area contributed by atoms with Crippen molar-refractivity contribution < 1.29 is 9.53 Å². The summed E-state index contributed by atoms with van der Waals surface area (Å²) in [6.07, 6.45) is 0. The second-order valence-corrected chi connectivity index (χ2v) is 2.62. The number of benzene rings is 1. The minimum atomic E-state index is -0.294. The van der Waals surface area contributed by atoms with E-state index in [2.05, 4.69) is 0 Å². The molecule has 1 aromatic rings. The number of rotatable bonds is 3. The number of hydrogen-bond acceptors (Lipinski definition) is 3. The minimum absolute atomic E-state index is 0.294. The molecule has 2 N–H and O–H groups in total. The van der Waals surface area contributed by atoms with Crippen molar-refractivity contribution in [3.05, 3.63) is 35.4 Å². The van der Waals surface area contributed by atoms with E-state index in [1.807, 2.05) is 6.07 Å². The molecule has 0 amide bonds. The number of carbonyl (C=O) groups is 1. The van der Waals surface area contributed by atoms with Gasteiger partial charge in [-0.05, 0) is 24.6 Å². The van der Waals surface area contributed by atoms with E-state index in [-0.39, 0.29) is 5.97 Å². The molecule has 0 aliphatic heterocycles. The maximum absolute atomic E-state index is 11.2. The molecule has 0 aromatic heterocycles. The van der Waals surface area contributed by atoms with Gasteiger partial charge in [-0.25, -0.2) is 4.79 Å². The summed E-state index contributed by atoms with van der Waals surface area (Å²) < 4.78 is 4.85. The molecule has 70 valence electrons. The lowest BCUT2D eigenvalue weighted by Gasteiger charge is -2.02. The number of hydrogen-bond donors (Lipinski definition) is 1. The van der Waals surface area contributed by atoms with Crippen molar-refractivity contribution in [2.75, 3.05) is 6.61 Å². The predicted octanol–water partition coefficient (Wildman–Crippen LogP) is 1.32. The highest BCUT2D eigenvalue weighted by molar-refractivity contribution is 5.89. The second-order valence-electron chi connectivity index (χ2n) is 2.62. The standard InChI is InChI=1S/C10H13NO2/c1-2-13-10(12)9-5-3-4-8(6-9)7-11/h3-6H,2,7,11H2,1H3. The number of ether oxygens (including phenoxy) is 1. The van der Waals surface area contributed by atoms with Crippen molar-refractivity contribution >= 4 is 5.97 Å². The molecule has 0 spiro atoms. The molecule has 1 aromatic carbocycles. The molecule has 0 aliphatic carbocycles. The van der Waals surface area contributed by atoms with Crippen LogP contribution in [0.15, 0.2) is 24.3 Å². The Balaban J connectivity index is 2.82. The maximum atomic E-state index is 11.2. The molecule has 0 radical (unpaired) electrons. The monoisotopic (exact) mass is 179 g/mol. The first-order valence-corrected chi connectivity index (χ1v) is 4.24. The first-order valence-electron chi connectivity index (χ1n) is 4.24. The number of carbonyl (C=O) groups excluding carboxylic acids is 1. The summed E-state index contributed by atoms with van der Waals surface area (Å²) in [5, 5.41) is 0. The maximum Gasteiger partial charge on any atom is 0.338 e. The van der Waals surface area contributed by atoms with Crippen LogP contribution in [0.3, 0.4) is 0 Å². The molecule has 0 unspecified atom stereocenters. The van der Waals surface area contributed by atoms with E-state index in [1.54, 1.807) is 25.1 Å². The van der Waals surface area contributed by atoms with Gasteiger partial charge in [0.1, 0.15) is 0 Å². The molecule has 0 aliphatic rings. The molecule has 0 saturated carbocycles. The van der Waals surface area contributed by atoms with E-state index in [1.165, 1.54) is 0 Å². The van der Waals surface area contributed by atoms with Gasteiger partial charge in [0.15, 0.2) is 0 Å². The van der Waals surface area contributed by atoms with Crippen LogP contribution in [0.1, 0.15) is 22.8 Å². The largest absolute Gasteiger partial charge is 0.462 e. The van der Waals surface area contributed by atoms with Gasteiger partial charge in [0.2, 0.25) is 0 Å². The van der Waals surface area contributed by atoms with Crippen molar-refractivity contribution in [3.63, 3.8) is 0 Å². The van der Waals surface area contributed by atoms with Crippen LogP contribution in [0.5, 0.6) is 0 Å². The zero-order valence-electron chi connectivity index (χ0n) is 7.62. The topological polar surface area (TPSA) is 52.3 Å². The summed E-state index contributed by atoms with van der Waals surface area (Å²) in [5.41, 5.74) is 6.94. The lowest BCUT2D eigenvalue weighted by atomic mass is 10.1. The summed E-state index contributed by atoms with van der Waals surface area (Å²) in [4.78, 5) is 11.2. The third kappa shape index (κ3) is 2.56. The molecular weight excluding hydrogens is 166 g/mol. The van der Waals surface area contributed by atoms with E-state index < -0.39 is 0 Å². The van der Waals surface area contributed by atoms with Crippen LogP contribution in [0.2, 0.25) is 0 Å². The van der Waals surface area contributed by atoms with Crippen LogP contribution in [-0.2, 0) is 11.3 Å². The Bertz CT molecular complexity index is 297. The smallest absolute Gasteiger partial charge is 0.338 e. The van der Waals surface area contributed by atoms with Gasteiger partial charge in [-0.3, -0.25) is 0 Å². The Morgan fingerprint density at radius 1 is 1.54 bits per heavy atom. The molecule has 13 heavy (non-hydrogen) atoms. The molecule has 0 fully saturated rings. The van der Waals surface area contributed by atoms with E-state index in [4.69, 9.17) is 10.5 Å². The Morgan fingerprint density at radius 2 is 2.31 bits per heavy atom. The van der Waals surface area contributed by atoms with E-state index >= 15 is 0 Å². The van der Waals surface area contributed by atoms with E-state index in [0.717, 1.165) is 5.56 Å². The zero-order chi connectivity index (χ0) is 9.68. The van der Waals surface area contributed by atoms with Crippen LogP contribution < -0.4 is 5.73 Å². The van der Waals surface area contributed by atoms with Crippen molar-refractivity contribution in [1.82, 2.24) is 0 Å². The fraction of sp³-hybridized carbons (Fsp3) is 0.300. The third-order valence-electron chi connectivity index (χ3n) is 1.67.